The van der Waals surface area contributed by atoms with E-state index in [-0.39, 0.29) is 36.6 Å². The van der Waals surface area contributed by atoms with Gasteiger partial charge >= 0.3 is 0 Å². The quantitative estimate of drug-likeness (QED) is 0.780. The topological polar surface area (TPSA) is 66.5 Å². The number of carbonyl (C=O) groups is 3. The number of fused-ring (bicyclic) bond motifs is 1. The van der Waals surface area contributed by atoms with Crippen LogP contribution >= 0.6 is 34.8 Å². The first-order chi connectivity index (χ1) is 11.9. The van der Waals surface area contributed by atoms with E-state index >= 15 is 0 Å². The fraction of sp³-hybridized carbons (Fsp3) is 0.353. The van der Waals surface area contributed by atoms with Gasteiger partial charge < -0.3 is 5.32 Å². The molecule has 3 rings (SSSR count). The molecular formula is C17H15Cl3N2O3. The maximum atomic E-state index is 12.4. The van der Waals surface area contributed by atoms with Gasteiger partial charge in [0, 0.05) is 23.7 Å². The van der Waals surface area contributed by atoms with Crippen LogP contribution in [0.15, 0.2) is 29.3 Å². The van der Waals surface area contributed by atoms with Crippen LogP contribution in [0.1, 0.15) is 19.3 Å². The lowest BCUT2D eigenvalue weighted by atomic mass is 9.85. The molecule has 2 atom stereocenters. The van der Waals surface area contributed by atoms with E-state index in [1.807, 2.05) is 0 Å². The van der Waals surface area contributed by atoms with E-state index in [4.69, 9.17) is 34.8 Å². The van der Waals surface area contributed by atoms with Crippen molar-refractivity contribution >= 4 is 58.2 Å². The molecule has 25 heavy (non-hydrogen) atoms. The first-order valence-electron chi connectivity index (χ1n) is 7.81. The Morgan fingerprint density at radius 3 is 2.56 bits per heavy atom. The number of imide groups is 1. The number of likely N-dealkylation sites (tertiary alicyclic amines) is 1. The first kappa shape index (κ1) is 18.2. The Morgan fingerprint density at radius 1 is 1.12 bits per heavy atom. The largest absolute Gasteiger partial charge is 0.326 e. The number of allylic oxidation sites excluding steroid dienone is 2. The monoisotopic (exact) mass is 400 g/mol. The molecule has 132 valence electrons. The highest BCUT2D eigenvalue weighted by Gasteiger charge is 2.48. The SMILES string of the molecule is O=C(CCN1C(=O)[C@H]2CC=C(Cl)C[C@H]2C1=O)Nc1ccc(Cl)c(Cl)c1. The second kappa shape index (κ2) is 7.36. The molecule has 0 radical (unpaired) electrons. The van der Waals surface area contributed by atoms with E-state index in [9.17, 15) is 14.4 Å². The molecule has 2 aliphatic rings. The zero-order valence-corrected chi connectivity index (χ0v) is 15.4. The van der Waals surface area contributed by atoms with Crippen molar-refractivity contribution in [3.63, 3.8) is 0 Å². The van der Waals surface area contributed by atoms with Gasteiger partial charge in [0.25, 0.3) is 0 Å². The van der Waals surface area contributed by atoms with Crippen molar-refractivity contribution in [3.8, 4) is 0 Å². The van der Waals surface area contributed by atoms with E-state index < -0.39 is 5.92 Å². The highest BCUT2D eigenvalue weighted by molar-refractivity contribution is 6.42. The molecule has 1 saturated heterocycles. The maximum Gasteiger partial charge on any atom is 0.233 e. The Bertz CT molecular complexity index is 778. The molecule has 8 heteroatoms. The summed E-state index contributed by atoms with van der Waals surface area (Å²) in [6, 6.07) is 4.74. The summed E-state index contributed by atoms with van der Waals surface area (Å²) < 4.78 is 0. The van der Waals surface area contributed by atoms with Gasteiger partial charge in [-0.1, -0.05) is 40.9 Å². The van der Waals surface area contributed by atoms with E-state index in [0.717, 1.165) is 0 Å². The van der Waals surface area contributed by atoms with Crippen molar-refractivity contribution in [2.75, 3.05) is 11.9 Å². The van der Waals surface area contributed by atoms with Gasteiger partial charge in [-0.15, -0.1) is 0 Å². The second-order valence-corrected chi connectivity index (χ2v) is 7.36. The average Bonchev–Trinajstić information content (AvgIpc) is 2.80. The molecule has 0 bridgehead atoms. The van der Waals surface area contributed by atoms with Gasteiger partial charge in [-0.05, 0) is 31.0 Å². The normalized spacial score (nSPS) is 22.7. The maximum absolute atomic E-state index is 12.4. The zero-order chi connectivity index (χ0) is 18.1. The fourth-order valence-electron chi connectivity index (χ4n) is 3.13. The molecule has 1 aromatic carbocycles. The highest BCUT2D eigenvalue weighted by atomic mass is 35.5. The fourth-order valence-corrected chi connectivity index (χ4v) is 3.68. The van der Waals surface area contributed by atoms with Gasteiger partial charge in [0.15, 0.2) is 0 Å². The minimum absolute atomic E-state index is 0.0122. The lowest BCUT2D eigenvalue weighted by Gasteiger charge is -2.17. The van der Waals surface area contributed by atoms with Crippen LogP contribution in [0.5, 0.6) is 0 Å². The summed E-state index contributed by atoms with van der Waals surface area (Å²) in [5.41, 5.74) is 0.503. The number of rotatable bonds is 4. The lowest BCUT2D eigenvalue weighted by molar-refractivity contribution is -0.140. The summed E-state index contributed by atoms with van der Waals surface area (Å²) in [6.07, 6.45) is 2.66. The van der Waals surface area contributed by atoms with Gasteiger partial charge in [-0.25, -0.2) is 0 Å². The average molecular weight is 402 g/mol. The van der Waals surface area contributed by atoms with Crippen LogP contribution in [0.3, 0.4) is 0 Å². The molecule has 1 heterocycles. The number of hydrogen-bond donors (Lipinski definition) is 1. The summed E-state index contributed by atoms with van der Waals surface area (Å²) in [7, 11) is 0. The van der Waals surface area contributed by atoms with E-state index in [2.05, 4.69) is 5.32 Å². The number of carbonyl (C=O) groups excluding carboxylic acids is 3. The predicted molar refractivity (Wildman–Crippen MR) is 96.6 cm³/mol. The number of nitrogens with zero attached hydrogens (tertiary/aromatic N) is 1. The molecule has 5 nitrogen and oxygen atoms in total. The standard InChI is InChI=1S/C17H15Cl3N2O3/c18-9-1-3-11-12(7-9)17(25)22(16(11)24)6-5-15(23)21-10-2-4-13(19)14(20)8-10/h1-2,4,8,11-12H,3,5-7H2,(H,21,23)/t11-,12+/m0/s1. The van der Waals surface area contributed by atoms with Crippen molar-refractivity contribution < 1.29 is 14.4 Å². The number of nitrogens with one attached hydrogen (secondary N) is 1. The van der Waals surface area contributed by atoms with Crippen molar-refractivity contribution in [3.05, 3.63) is 39.4 Å². The molecule has 1 aliphatic carbocycles. The smallest absolute Gasteiger partial charge is 0.233 e. The zero-order valence-electron chi connectivity index (χ0n) is 13.1. The number of amides is 3. The number of anilines is 1. The summed E-state index contributed by atoms with van der Waals surface area (Å²) in [5, 5.41) is 4.01. The van der Waals surface area contributed by atoms with E-state index in [1.54, 1.807) is 18.2 Å². The van der Waals surface area contributed by atoms with Gasteiger partial charge in [-0.2, -0.15) is 0 Å². The summed E-state index contributed by atoms with van der Waals surface area (Å²) in [4.78, 5) is 38.0. The minimum atomic E-state index is -0.400. The van der Waals surface area contributed by atoms with Crippen molar-refractivity contribution in [1.82, 2.24) is 4.90 Å². The van der Waals surface area contributed by atoms with Crippen molar-refractivity contribution in [2.24, 2.45) is 11.8 Å². The third-order valence-corrected chi connectivity index (χ3v) is 5.47. The van der Waals surface area contributed by atoms with Crippen LogP contribution in [0.2, 0.25) is 10.0 Å². The van der Waals surface area contributed by atoms with Gasteiger partial charge in [0.2, 0.25) is 17.7 Å². The first-order valence-corrected chi connectivity index (χ1v) is 8.95. The molecule has 0 saturated carbocycles. The van der Waals surface area contributed by atoms with Gasteiger partial charge in [-0.3, -0.25) is 19.3 Å². The summed E-state index contributed by atoms with van der Waals surface area (Å²) >= 11 is 17.7. The summed E-state index contributed by atoms with van der Waals surface area (Å²) in [6.45, 7) is 0.0510. The minimum Gasteiger partial charge on any atom is -0.326 e. The van der Waals surface area contributed by atoms with Crippen LogP contribution < -0.4 is 5.32 Å². The van der Waals surface area contributed by atoms with Crippen LogP contribution in [-0.4, -0.2) is 29.2 Å². The Hall–Kier alpha value is -1.56. The molecule has 1 N–H and O–H groups in total. The second-order valence-electron chi connectivity index (χ2n) is 6.06. The number of benzene rings is 1. The number of halogens is 3. The Morgan fingerprint density at radius 2 is 1.84 bits per heavy atom. The Kier molecular flexibility index (Phi) is 5.37. The molecular weight excluding hydrogens is 387 g/mol. The van der Waals surface area contributed by atoms with Crippen molar-refractivity contribution in [2.45, 2.75) is 19.3 Å². The number of hydrogen-bond acceptors (Lipinski definition) is 3. The molecule has 1 aromatic rings. The van der Waals surface area contributed by atoms with Crippen LogP contribution in [0, 0.1) is 11.8 Å². The predicted octanol–water partition coefficient (Wildman–Crippen LogP) is 3.84. The molecule has 0 aromatic heterocycles. The van der Waals surface area contributed by atoms with Gasteiger partial charge in [0.1, 0.15) is 0 Å². The third-order valence-electron chi connectivity index (χ3n) is 4.43. The molecule has 1 aliphatic heterocycles. The Labute approximate surface area is 159 Å². The van der Waals surface area contributed by atoms with Gasteiger partial charge in [0.05, 0.1) is 21.9 Å². The van der Waals surface area contributed by atoms with E-state index in [0.29, 0.717) is 33.6 Å². The third kappa shape index (κ3) is 3.84. The van der Waals surface area contributed by atoms with E-state index in [1.165, 1.54) is 11.0 Å². The lowest BCUT2D eigenvalue weighted by Crippen LogP contribution is -2.34. The van der Waals surface area contributed by atoms with Crippen LogP contribution in [0.4, 0.5) is 5.69 Å². The highest BCUT2D eigenvalue weighted by Crippen LogP contribution is 2.38. The van der Waals surface area contributed by atoms with Crippen LogP contribution in [-0.2, 0) is 14.4 Å². The Balaban J connectivity index is 1.58. The molecule has 3 amide bonds. The molecule has 0 spiro atoms. The van der Waals surface area contributed by atoms with Crippen molar-refractivity contribution in [1.29, 1.82) is 0 Å². The summed E-state index contributed by atoms with van der Waals surface area (Å²) in [5.74, 6) is -1.54. The molecule has 0 unspecified atom stereocenters. The molecule has 1 fully saturated rings. The van der Waals surface area contributed by atoms with Crippen LogP contribution in [0.25, 0.3) is 0 Å².